The summed E-state index contributed by atoms with van der Waals surface area (Å²) in [5, 5.41) is 15.0. The molecular weight excluding hydrogens is 330 g/mol. The Hall–Kier alpha value is -2.31. The van der Waals surface area contributed by atoms with E-state index in [9.17, 15) is 14.7 Å². The molecule has 0 bridgehead atoms. The van der Waals surface area contributed by atoms with Crippen LogP contribution in [0.4, 0.5) is 5.69 Å². The summed E-state index contributed by atoms with van der Waals surface area (Å²) in [5.41, 5.74) is 0.911. The van der Waals surface area contributed by atoms with Gasteiger partial charge < -0.3 is 20.3 Å². The van der Waals surface area contributed by atoms with Crippen LogP contribution in [0.15, 0.2) is 42.7 Å². The summed E-state index contributed by atoms with van der Waals surface area (Å²) >= 11 is 6.03. The monoisotopic (exact) mass is 347 g/mol. The number of halogens is 1. The van der Waals surface area contributed by atoms with E-state index in [-0.39, 0.29) is 12.0 Å². The van der Waals surface area contributed by atoms with Crippen LogP contribution in [-0.2, 0) is 9.59 Å². The first kappa shape index (κ1) is 16.5. The van der Waals surface area contributed by atoms with Crippen molar-refractivity contribution in [2.24, 2.45) is 5.41 Å². The second-order valence-electron chi connectivity index (χ2n) is 6.05. The molecule has 0 unspecified atom stereocenters. The van der Waals surface area contributed by atoms with Crippen LogP contribution in [0.25, 0.3) is 5.69 Å². The topological polar surface area (TPSA) is 83.4 Å². The predicted octanol–water partition coefficient (Wildman–Crippen LogP) is 1.96. The summed E-state index contributed by atoms with van der Waals surface area (Å²) < 4.78 is 1.80. The fraction of sp³-hybridized carbons (Fsp3) is 0.294. The highest BCUT2D eigenvalue weighted by Gasteiger charge is 2.42. The lowest BCUT2D eigenvalue weighted by Gasteiger charge is -2.14. The maximum absolute atomic E-state index is 12.1. The van der Waals surface area contributed by atoms with Crippen LogP contribution in [0.3, 0.4) is 0 Å². The van der Waals surface area contributed by atoms with Crippen molar-refractivity contribution in [1.82, 2.24) is 9.88 Å². The van der Waals surface area contributed by atoms with Gasteiger partial charge in [-0.3, -0.25) is 9.59 Å². The molecule has 126 valence electrons. The Morgan fingerprint density at radius 3 is 2.54 bits per heavy atom. The first-order valence-electron chi connectivity index (χ1n) is 7.66. The van der Waals surface area contributed by atoms with E-state index in [4.69, 9.17) is 11.6 Å². The number of nitrogens with one attached hydrogen (secondary N) is 2. The van der Waals surface area contributed by atoms with Crippen molar-refractivity contribution in [3.05, 3.63) is 47.7 Å². The molecule has 24 heavy (non-hydrogen) atoms. The molecule has 0 atom stereocenters. The van der Waals surface area contributed by atoms with Gasteiger partial charge in [0.25, 0.3) is 0 Å². The zero-order valence-electron chi connectivity index (χ0n) is 13.0. The Kier molecular flexibility index (Phi) is 4.59. The average Bonchev–Trinajstić information content (AvgIpc) is 3.16. The van der Waals surface area contributed by atoms with Gasteiger partial charge >= 0.3 is 11.8 Å². The standard InChI is InChI=1S/C17H18ClN3O3/c18-12-3-4-13(14(9-12)21-7-1-2-8-21)20-16(24)15(23)19-10-17(11-22)5-6-17/h1-4,7-9,22H,5-6,10-11H2,(H,19,23)(H,20,24). The van der Waals surface area contributed by atoms with E-state index in [1.165, 1.54) is 0 Å². The summed E-state index contributed by atoms with van der Waals surface area (Å²) in [6, 6.07) is 8.71. The number of nitrogens with zero attached hydrogens (tertiary/aromatic N) is 1. The Balaban J connectivity index is 1.69. The number of aromatic nitrogens is 1. The maximum Gasteiger partial charge on any atom is 0.313 e. The molecule has 1 heterocycles. The van der Waals surface area contributed by atoms with Crippen molar-refractivity contribution < 1.29 is 14.7 Å². The highest BCUT2D eigenvalue weighted by atomic mass is 35.5. The molecule has 1 saturated carbocycles. The lowest BCUT2D eigenvalue weighted by atomic mass is 10.1. The highest BCUT2D eigenvalue weighted by molar-refractivity contribution is 6.40. The minimum Gasteiger partial charge on any atom is -0.396 e. The van der Waals surface area contributed by atoms with Crippen molar-refractivity contribution in [2.75, 3.05) is 18.5 Å². The number of rotatable bonds is 5. The molecule has 1 aliphatic carbocycles. The lowest BCUT2D eigenvalue weighted by molar-refractivity contribution is -0.136. The van der Waals surface area contributed by atoms with Gasteiger partial charge in [0.1, 0.15) is 0 Å². The van der Waals surface area contributed by atoms with E-state index in [1.54, 1.807) is 22.8 Å². The Morgan fingerprint density at radius 2 is 1.92 bits per heavy atom. The molecule has 7 heteroatoms. The summed E-state index contributed by atoms with van der Waals surface area (Å²) in [6.07, 6.45) is 5.36. The highest BCUT2D eigenvalue weighted by Crippen LogP contribution is 2.44. The van der Waals surface area contributed by atoms with E-state index in [0.717, 1.165) is 12.8 Å². The number of amides is 2. The van der Waals surface area contributed by atoms with Gasteiger partial charge in [-0.1, -0.05) is 11.6 Å². The van der Waals surface area contributed by atoms with Gasteiger partial charge in [-0.15, -0.1) is 0 Å². The number of hydrogen-bond donors (Lipinski definition) is 3. The molecule has 0 radical (unpaired) electrons. The number of benzene rings is 1. The third-order valence-corrected chi connectivity index (χ3v) is 4.45. The molecule has 0 spiro atoms. The molecule has 1 fully saturated rings. The van der Waals surface area contributed by atoms with Gasteiger partial charge in [0.2, 0.25) is 0 Å². The zero-order valence-corrected chi connectivity index (χ0v) is 13.7. The fourth-order valence-electron chi connectivity index (χ4n) is 2.41. The van der Waals surface area contributed by atoms with Gasteiger partial charge in [-0.05, 0) is 43.2 Å². The number of carbonyl (C=O) groups is 2. The van der Waals surface area contributed by atoms with E-state index < -0.39 is 11.8 Å². The smallest absolute Gasteiger partial charge is 0.313 e. The van der Waals surface area contributed by atoms with E-state index in [2.05, 4.69) is 10.6 Å². The molecule has 3 rings (SSSR count). The Labute approximate surface area is 144 Å². The average molecular weight is 348 g/mol. The summed E-state index contributed by atoms with van der Waals surface area (Å²) in [7, 11) is 0. The molecule has 3 N–H and O–H groups in total. The van der Waals surface area contributed by atoms with Crippen LogP contribution < -0.4 is 10.6 Å². The van der Waals surface area contributed by atoms with Crippen molar-refractivity contribution in [3.63, 3.8) is 0 Å². The zero-order chi connectivity index (χ0) is 17.2. The van der Waals surface area contributed by atoms with Crippen LogP contribution in [0.1, 0.15) is 12.8 Å². The second kappa shape index (κ2) is 6.67. The van der Waals surface area contributed by atoms with Crippen LogP contribution in [0.2, 0.25) is 5.02 Å². The third-order valence-electron chi connectivity index (χ3n) is 4.21. The molecule has 1 aromatic heterocycles. The minimum absolute atomic E-state index is 0.0177. The van der Waals surface area contributed by atoms with Gasteiger partial charge in [0, 0.05) is 29.4 Å². The number of aliphatic hydroxyl groups excluding tert-OH is 1. The normalized spacial score (nSPS) is 14.9. The van der Waals surface area contributed by atoms with E-state index in [1.807, 2.05) is 24.5 Å². The van der Waals surface area contributed by atoms with Crippen LogP contribution in [-0.4, -0.2) is 34.6 Å². The van der Waals surface area contributed by atoms with Crippen LogP contribution >= 0.6 is 11.6 Å². The molecule has 2 amide bonds. The molecule has 0 aliphatic heterocycles. The van der Waals surface area contributed by atoms with Gasteiger partial charge in [-0.2, -0.15) is 0 Å². The van der Waals surface area contributed by atoms with E-state index >= 15 is 0 Å². The van der Waals surface area contributed by atoms with Gasteiger partial charge in [0.05, 0.1) is 18.0 Å². The third kappa shape index (κ3) is 3.60. The first-order valence-corrected chi connectivity index (χ1v) is 8.04. The van der Waals surface area contributed by atoms with Crippen LogP contribution in [0.5, 0.6) is 0 Å². The number of anilines is 1. The molecule has 1 aliphatic rings. The molecular formula is C17H18ClN3O3. The second-order valence-corrected chi connectivity index (χ2v) is 6.48. The Morgan fingerprint density at radius 1 is 1.21 bits per heavy atom. The quantitative estimate of drug-likeness (QED) is 0.723. The lowest BCUT2D eigenvalue weighted by Crippen LogP contribution is -2.39. The van der Waals surface area contributed by atoms with Crippen molar-refractivity contribution in [2.45, 2.75) is 12.8 Å². The van der Waals surface area contributed by atoms with Crippen molar-refractivity contribution in [3.8, 4) is 5.69 Å². The van der Waals surface area contributed by atoms with Crippen LogP contribution in [0, 0.1) is 5.41 Å². The largest absolute Gasteiger partial charge is 0.396 e. The molecule has 2 aromatic rings. The summed E-state index contributed by atoms with van der Waals surface area (Å²) in [4.78, 5) is 24.1. The first-order chi connectivity index (χ1) is 11.5. The summed E-state index contributed by atoms with van der Waals surface area (Å²) in [6.45, 7) is 0.324. The minimum atomic E-state index is -0.750. The molecule has 0 saturated heterocycles. The van der Waals surface area contributed by atoms with Crippen molar-refractivity contribution >= 4 is 29.1 Å². The summed E-state index contributed by atoms with van der Waals surface area (Å²) in [5.74, 6) is -1.47. The van der Waals surface area contributed by atoms with E-state index in [0.29, 0.717) is 22.9 Å². The number of carbonyl (C=O) groups excluding carboxylic acids is 2. The van der Waals surface area contributed by atoms with Gasteiger partial charge in [-0.25, -0.2) is 0 Å². The predicted molar refractivity (Wildman–Crippen MR) is 91.2 cm³/mol. The SMILES string of the molecule is O=C(NCC1(CO)CC1)C(=O)Nc1ccc(Cl)cc1-n1cccc1. The molecule has 6 nitrogen and oxygen atoms in total. The van der Waals surface area contributed by atoms with Crippen molar-refractivity contribution in [1.29, 1.82) is 0 Å². The number of aliphatic hydroxyl groups is 1. The van der Waals surface area contributed by atoms with Gasteiger partial charge in [0.15, 0.2) is 0 Å². The maximum atomic E-state index is 12.1. The molecule has 1 aromatic carbocycles. The number of hydrogen-bond acceptors (Lipinski definition) is 3. The fourth-order valence-corrected chi connectivity index (χ4v) is 2.58. The Bertz CT molecular complexity index is 754.